The average Bonchev–Trinajstić information content (AvgIpc) is 3.68. The lowest BCUT2D eigenvalue weighted by Gasteiger charge is -2.31. The standard InChI is InChI=1S/C27H29ClF3N7O4S/c1-27(2,3)42-25(39)33-11-15-12-37(26(40)41-15)13-19-20(18-6-8-38(36-18)24(30)31)21(16-5-4-14(29)10-17(16)28)35-22(34-19)23-32-7-9-43-23/h4-9,14-15,21,24H,10-13H2,1-3H3,(H,33,39)(H,34,35)/t14?,15-,21-/m0/s1. The van der Waals surface area contributed by atoms with Crippen molar-refractivity contribution in [2.75, 3.05) is 19.6 Å². The van der Waals surface area contributed by atoms with Gasteiger partial charge < -0.3 is 20.1 Å². The number of amidine groups is 1. The average molecular weight is 640 g/mol. The zero-order valence-corrected chi connectivity index (χ0v) is 25.0. The zero-order chi connectivity index (χ0) is 30.9. The molecule has 0 aromatic carbocycles. The number of rotatable bonds is 8. The topological polar surface area (TPSA) is 123 Å². The van der Waals surface area contributed by atoms with Crippen molar-refractivity contribution in [2.24, 2.45) is 4.99 Å². The molecule has 0 bridgehead atoms. The number of allylic oxidation sites excluding steroid dienone is 2. The second kappa shape index (κ2) is 12.4. The molecule has 1 unspecified atom stereocenters. The van der Waals surface area contributed by atoms with E-state index in [0.29, 0.717) is 32.4 Å². The third kappa shape index (κ3) is 7.21. The largest absolute Gasteiger partial charge is 0.444 e. The fraction of sp³-hybridized carbons (Fsp3) is 0.444. The number of alkyl carbamates (subject to hydrolysis) is 1. The molecule has 11 nitrogen and oxygen atoms in total. The van der Waals surface area contributed by atoms with Gasteiger partial charge in [0.2, 0.25) is 0 Å². The molecule has 230 valence electrons. The summed E-state index contributed by atoms with van der Waals surface area (Å²) in [5.41, 5.74) is 0.722. The third-order valence-electron chi connectivity index (χ3n) is 6.48. The van der Waals surface area contributed by atoms with Gasteiger partial charge in [0.05, 0.1) is 25.3 Å². The zero-order valence-electron chi connectivity index (χ0n) is 23.4. The Morgan fingerprint density at radius 3 is 2.81 bits per heavy atom. The quantitative estimate of drug-likeness (QED) is 0.417. The molecule has 43 heavy (non-hydrogen) atoms. The predicted molar refractivity (Wildman–Crippen MR) is 154 cm³/mol. The van der Waals surface area contributed by atoms with E-state index in [0.717, 1.165) is 6.20 Å². The van der Waals surface area contributed by atoms with Crippen LogP contribution in [0.3, 0.4) is 0 Å². The number of aliphatic imine (C=N–C) groups is 1. The molecule has 2 aromatic rings. The molecule has 0 spiro atoms. The SMILES string of the molecule is CC(C)(C)OC(=O)NC[C@H]1CN(CC2=C(c3ccn(C(F)F)n3)[C@H](C3=C(Cl)CC(F)C=C3)N=C(c3nccs3)N2)C(=O)O1. The number of nitrogens with one attached hydrogen (secondary N) is 2. The summed E-state index contributed by atoms with van der Waals surface area (Å²) < 4.78 is 52.4. The van der Waals surface area contributed by atoms with Crippen LogP contribution in [0.25, 0.3) is 5.57 Å². The molecule has 1 fully saturated rings. The highest BCUT2D eigenvalue weighted by Crippen LogP contribution is 2.38. The van der Waals surface area contributed by atoms with Crippen LogP contribution >= 0.6 is 22.9 Å². The van der Waals surface area contributed by atoms with Crippen LogP contribution in [0.4, 0.5) is 22.8 Å². The van der Waals surface area contributed by atoms with Crippen LogP contribution in [0, 0.1) is 0 Å². The normalized spacial score (nSPS) is 22.6. The van der Waals surface area contributed by atoms with Crippen molar-refractivity contribution in [3.8, 4) is 0 Å². The molecule has 2 aromatic heterocycles. The van der Waals surface area contributed by atoms with Crippen molar-refractivity contribution < 1.29 is 32.2 Å². The van der Waals surface area contributed by atoms with Crippen LogP contribution in [0.2, 0.25) is 0 Å². The molecule has 16 heteroatoms. The van der Waals surface area contributed by atoms with Gasteiger partial charge in [0.15, 0.2) is 10.8 Å². The van der Waals surface area contributed by atoms with E-state index in [9.17, 15) is 22.8 Å². The van der Waals surface area contributed by atoms with Gasteiger partial charge in [-0.1, -0.05) is 17.7 Å². The van der Waals surface area contributed by atoms with Crippen LogP contribution < -0.4 is 10.6 Å². The van der Waals surface area contributed by atoms with Crippen molar-refractivity contribution in [2.45, 2.75) is 57.7 Å². The minimum atomic E-state index is -2.89. The Balaban J connectivity index is 1.48. The lowest BCUT2D eigenvalue weighted by Crippen LogP contribution is -2.41. The van der Waals surface area contributed by atoms with E-state index in [1.165, 1.54) is 34.5 Å². The van der Waals surface area contributed by atoms with Gasteiger partial charge in [-0.3, -0.25) is 9.89 Å². The smallest absolute Gasteiger partial charge is 0.410 e. The number of aromatic nitrogens is 3. The monoisotopic (exact) mass is 639 g/mol. The maximum Gasteiger partial charge on any atom is 0.410 e. The Morgan fingerprint density at radius 1 is 1.37 bits per heavy atom. The first-order chi connectivity index (χ1) is 20.4. The van der Waals surface area contributed by atoms with Crippen molar-refractivity contribution in [1.29, 1.82) is 0 Å². The summed E-state index contributed by atoms with van der Waals surface area (Å²) in [6.45, 7) is 2.38. The van der Waals surface area contributed by atoms with Gasteiger partial charge >= 0.3 is 18.7 Å². The highest BCUT2D eigenvalue weighted by Gasteiger charge is 2.37. The molecule has 1 aliphatic carbocycles. The van der Waals surface area contributed by atoms with Gasteiger partial charge in [0.1, 0.15) is 23.9 Å². The number of halogens is 4. The molecule has 4 heterocycles. The molecule has 0 radical (unpaired) electrons. The number of carbonyl (C=O) groups is 2. The Hall–Kier alpha value is -3.85. The Kier molecular flexibility index (Phi) is 8.83. The molecule has 1 saturated heterocycles. The summed E-state index contributed by atoms with van der Waals surface area (Å²) >= 11 is 7.85. The molecule has 2 aliphatic heterocycles. The molecule has 5 rings (SSSR count). The maximum absolute atomic E-state index is 14.1. The van der Waals surface area contributed by atoms with E-state index in [-0.39, 0.29) is 36.8 Å². The van der Waals surface area contributed by atoms with Crippen LogP contribution in [0.15, 0.2) is 57.3 Å². The molecular formula is C27H29ClF3N7O4S. The number of cyclic esters (lactones) is 1. The minimum absolute atomic E-state index is 0.0153. The summed E-state index contributed by atoms with van der Waals surface area (Å²) in [5.74, 6) is 0.357. The van der Waals surface area contributed by atoms with Gasteiger partial charge in [-0.2, -0.15) is 13.9 Å². The minimum Gasteiger partial charge on any atom is -0.444 e. The lowest BCUT2D eigenvalue weighted by molar-refractivity contribution is 0.0496. The Morgan fingerprint density at radius 2 is 2.16 bits per heavy atom. The van der Waals surface area contributed by atoms with Crippen LogP contribution in [0.5, 0.6) is 0 Å². The maximum atomic E-state index is 14.1. The number of hydrogen-bond acceptors (Lipinski definition) is 9. The highest BCUT2D eigenvalue weighted by atomic mass is 35.5. The molecule has 0 saturated carbocycles. The predicted octanol–water partition coefficient (Wildman–Crippen LogP) is 5.00. The van der Waals surface area contributed by atoms with Crippen molar-refractivity contribution in [3.63, 3.8) is 0 Å². The highest BCUT2D eigenvalue weighted by molar-refractivity contribution is 7.11. The van der Waals surface area contributed by atoms with Crippen LogP contribution in [-0.2, 0) is 9.47 Å². The van der Waals surface area contributed by atoms with Crippen LogP contribution in [0.1, 0.15) is 44.4 Å². The van der Waals surface area contributed by atoms with E-state index >= 15 is 0 Å². The van der Waals surface area contributed by atoms with Gasteiger partial charge in [-0.25, -0.2) is 23.6 Å². The Bertz CT molecular complexity index is 1500. The van der Waals surface area contributed by atoms with E-state index < -0.39 is 42.7 Å². The molecular weight excluding hydrogens is 611 g/mol. The van der Waals surface area contributed by atoms with Gasteiger partial charge in [-0.15, -0.1) is 11.3 Å². The third-order valence-corrected chi connectivity index (χ3v) is 7.64. The first-order valence-corrected chi connectivity index (χ1v) is 14.6. The molecule has 3 aliphatic rings. The summed E-state index contributed by atoms with van der Waals surface area (Å²) in [4.78, 5) is 35.6. The first kappa shape index (κ1) is 30.6. The number of thiazole rings is 1. The summed E-state index contributed by atoms with van der Waals surface area (Å²) in [7, 11) is 0. The summed E-state index contributed by atoms with van der Waals surface area (Å²) in [6, 6.07) is 0.533. The van der Waals surface area contributed by atoms with Crippen molar-refractivity contribution in [1.82, 2.24) is 30.3 Å². The number of hydrogen-bond donors (Lipinski definition) is 2. The second-order valence-electron chi connectivity index (χ2n) is 10.9. The number of amides is 2. The Labute approximate surface area is 254 Å². The number of alkyl halides is 3. The van der Waals surface area contributed by atoms with E-state index in [1.54, 1.807) is 32.3 Å². The number of ether oxygens (including phenoxy) is 2. The fourth-order valence-corrected chi connectivity index (χ4v) is 5.59. The van der Waals surface area contributed by atoms with E-state index in [1.807, 2.05) is 0 Å². The lowest BCUT2D eigenvalue weighted by atomic mass is 9.89. The second-order valence-corrected chi connectivity index (χ2v) is 12.3. The summed E-state index contributed by atoms with van der Waals surface area (Å²) in [6.07, 6.45) is 2.30. The van der Waals surface area contributed by atoms with E-state index in [4.69, 9.17) is 26.1 Å². The van der Waals surface area contributed by atoms with Crippen LogP contribution in [-0.4, -0.2) is 81.2 Å². The van der Waals surface area contributed by atoms with Gasteiger partial charge in [0, 0.05) is 40.5 Å². The van der Waals surface area contributed by atoms with Gasteiger partial charge in [0.25, 0.3) is 0 Å². The molecule has 3 atom stereocenters. The number of nitrogens with zero attached hydrogens (tertiary/aromatic N) is 5. The molecule has 2 N–H and O–H groups in total. The van der Waals surface area contributed by atoms with Crippen molar-refractivity contribution >= 4 is 46.5 Å². The number of carbonyl (C=O) groups excluding carboxylic acids is 2. The van der Waals surface area contributed by atoms with E-state index in [2.05, 4.69) is 20.7 Å². The van der Waals surface area contributed by atoms with Gasteiger partial charge in [-0.05, 0) is 38.5 Å². The first-order valence-electron chi connectivity index (χ1n) is 13.3. The summed E-state index contributed by atoms with van der Waals surface area (Å²) in [5, 5.41) is 12.4. The fourth-order valence-electron chi connectivity index (χ4n) is 4.69. The van der Waals surface area contributed by atoms with Crippen molar-refractivity contribution in [3.05, 3.63) is 63.0 Å². The molecule has 2 amide bonds.